The highest BCUT2D eigenvalue weighted by Crippen LogP contribution is 2.09. The second kappa shape index (κ2) is 5.30. The summed E-state index contributed by atoms with van der Waals surface area (Å²) in [5.74, 6) is -0.680. The molecule has 0 aliphatic carbocycles. The van der Waals surface area contributed by atoms with Gasteiger partial charge in [-0.05, 0) is 0 Å². The molecule has 0 fully saturated rings. The van der Waals surface area contributed by atoms with Crippen LogP contribution in [0.3, 0.4) is 0 Å². The monoisotopic (exact) mass is 214 g/mol. The van der Waals surface area contributed by atoms with Crippen molar-refractivity contribution in [3.05, 3.63) is 11.6 Å². The van der Waals surface area contributed by atoms with Crippen molar-refractivity contribution < 1.29 is 9.59 Å². The lowest BCUT2D eigenvalue weighted by atomic mass is 10.5. The zero-order valence-corrected chi connectivity index (χ0v) is 8.13. The summed E-state index contributed by atoms with van der Waals surface area (Å²) in [7, 11) is 0. The van der Waals surface area contributed by atoms with Gasteiger partial charge in [0, 0.05) is 11.6 Å². The minimum atomic E-state index is -0.362. The second-order valence-corrected chi connectivity index (χ2v) is 3.26. The molecule has 7 heteroatoms. The smallest absolute Gasteiger partial charge is 0.245 e. The standard InChI is InChI=1S/C7H10N4O2S/c8-3-5(12)10-4-6(13)11-7-9-1-2-14-7/h1-2H,3-4,8H2,(H,10,12)(H,9,11,13). The summed E-state index contributed by atoms with van der Waals surface area (Å²) in [6.07, 6.45) is 1.58. The van der Waals surface area contributed by atoms with Gasteiger partial charge >= 0.3 is 0 Å². The van der Waals surface area contributed by atoms with E-state index in [1.54, 1.807) is 11.6 Å². The molecule has 6 nitrogen and oxygen atoms in total. The Balaban J connectivity index is 2.26. The molecule has 1 rings (SSSR count). The molecule has 1 heterocycles. The van der Waals surface area contributed by atoms with Crippen molar-refractivity contribution in [3.8, 4) is 0 Å². The van der Waals surface area contributed by atoms with Crippen molar-refractivity contribution >= 4 is 28.3 Å². The highest BCUT2D eigenvalue weighted by Gasteiger charge is 2.04. The number of anilines is 1. The van der Waals surface area contributed by atoms with E-state index in [-0.39, 0.29) is 24.9 Å². The molecule has 76 valence electrons. The van der Waals surface area contributed by atoms with E-state index in [4.69, 9.17) is 5.73 Å². The first kappa shape index (κ1) is 10.6. The Labute approximate surface area is 84.5 Å². The van der Waals surface area contributed by atoms with E-state index in [0.29, 0.717) is 5.13 Å². The summed E-state index contributed by atoms with van der Waals surface area (Å²) in [6.45, 7) is -0.208. The summed E-state index contributed by atoms with van der Waals surface area (Å²) in [5, 5.41) is 7.11. The average molecular weight is 214 g/mol. The summed E-state index contributed by atoms with van der Waals surface area (Å²) in [5.41, 5.74) is 5.04. The number of amides is 2. The topological polar surface area (TPSA) is 97.1 Å². The first-order chi connectivity index (χ1) is 6.72. The van der Waals surface area contributed by atoms with Gasteiger partial charge in [-0.2, -0.15) is 0 Å². The third kappa shape index (κ3) is 3.50. The van der Waals surface area contributed by atoms with Crippen molar-refractivity contribution in [2.24, 2.45) is 5.73 Å². The van der Waals surface area contributed by atoms with Gasteiger partial charge in [0.15, 0.2) is 5.13 Å². The summed E-state index contributed by atoms with van der Waals surface area (Å²) in [4.78, 5) is 25.7. The molecule has 0 aliphatic heterocycles. The predicted octanol–water partition coefficient (Wildman–Crippen LogP) is -0.844. The first-order valence-corrected chi connectivity index (χ1v) is 4.76. The number of rotatable bonds is 4. The zero-order valence-electron chi connectivity index (χ0n) is 7.32. The van der Waals surface area contributed by atoms with Gasteiger partial charge in [-0.3, -0.25) is 9.59 Å². The van der Waals surface area contributed by atoms with Gasteiger partial charge in [0.2, 0.25) is 11.8 Å². The molecule has 1 aromatic heterocycles. The third-order valence-electron chi connectivity index (χ3n) is 1.31. The quantitative estimate of drug-likeness (QED) is 0.608. The lowest BCUT2D eigenvalue weighted by molar-refractivity contribution is -0.123. The lowest BCUT2D eigenvalue weighted by Crippen LogP contribution is -2.36. The minimum absolute atomic E-state index is 0.0877. The van der Waals surface area contributed by atoms with Gasteiger partial charge in [-0.1, -0.05) is 0 Å². The molecule has 2 amide bonds. The van der Waals surface area contributed by atoms with Crippen molar-refractivity contribution in [1.82, 2.24) is 10.3 Å². The molecule has 0 aliphatic rings. The molecule has 4 N–H and O–H groups in total. The molecule has 0 unspecified atom stereocenters. The first-order valence-electron chi connectivity index (χ1n) is 3.88. The molecular weight excluding hydrogens is 204 g/mol. The minimum Gasteiger partial charge on any atom is -0.346 e. The highest BCUT2D eigenvalue weighted by atomic mass is 32.1. The lowest BCUT2D eigenvalue weighted by Gasteiger charge is -2.02. The maximum Gasteiger partial charge on any atom is 0.245 e. The van der Waals surface area contributed by atoms with Crippen LogP contribution < -0.4 is 16.4 Å². The Morgan fingerprint density at radius 3 is 2.86 bits per heavy atom. The fourth-order valence-electron chi connectivity index (χ4n) is 0.700. The molecule has 0 atom stereocenters. The summed E-state index contributed by atoms with van der Waals surface area (Å²) < 4.78 is 0. The Bertz CT molecular complexity index is 311. The number of carbonyl (C=O) groups is 2. The molecule has 0 saturated heterocycles. The number of hydrogen-bond acceptors (Lipinski definition) is 5. The number of hydrogen-bond donors (Lipinski definition) is 3. The van der Waals surface area contributed by atoms with Crippen LogP contribution in [-0.4, -0.2) is 29.9 Å². The van der Waals surface area contributed by atoms with E-state index in [2.05, 4.69) is 15.6 Å². The van der Waals surface area contributed by atoms with Crippen LogP contribution in [0, 0.1) is 0 Å². The van der Waals surface area contributed by atoms with Gasteiger partial charge in [0.05, 0.1) is 13.1 Å². The highest BCUT2D eigenvalue weighted by molar-refractivity contribution is 7.13. The SMILES string of the molecule is NCC(=O)NCC(=O)Nc1nccs1. The maximum absolute atomic E-state index is 11.1. The summed E-state index contributed by atoms with van der Waals surface area (Å²) in [6, 6.07) is 0. The van der Waals surface area contributed by atoms with Crippen LogP contribution >= 0.6 is 11.3 Å². The fourth-order valence-corrected chi connectivity index (χ4v) is 1.24. The normalized spacial score (nSPS) is 9.50. The molecule has 0 saturated carbocycles. The van der Waals surface area contributed by atoms with Gasteiger partial charge in [-0.25, -0.2) is 4.98 Å². The van der Waals surface area contributed by atoms with Crippen LogP contribution in [0.2, 0.25) is 0 Å². The molecule has 14 heavy (non-hydrogen) atoms. The van der Waals surface area contributed by atoms with Gasteiger partial charge in [-0.15, -0.1) is 11.3 Å². The maximum atomic E-state index is 11.1. The Hall–Kier alpha value is -1.47. The van der Waals surface area contributed by atoms with E-state index < -0.39 is 0 Å². The molecule has 0 aromatic carbocycles. The van der Waals surface area contributed by atoms with Gasteiger partial charge in [0.1, 0.15) is 0 Å². The largest absolute Gasteiger partial charge is 0.346 e. The zero-order chi connectivity index (χ0) is 10.4. The van der Waals surface area contributed by atoms with Crippen LogP contribution in [0.5, 0.6) is 0 Å². The Kier molecular flexibility index (Phi) is 4.02. The van der Waals surface area contributed by atoms with Crippen LogP contribution in [0.25, 0.3) is 0 Å². The second-order valence-electron chi connectivity index (χ2n) is 2.37. The number of nitrogens with zero attached hydrogens (tertiary/aromatic N) is 1. The molecular formula is C7H10N4O2S. The molecule has 0 spiro atoms. The Morgan fingerprint density at radius 1 is 1.50 bits per heavy atom. The van der Waals surface area contributed by atoms with Crippen molar-refractivity contribution in [2.75, 3.05) is 18.4 Å². The van der Waals surface area contributed by atoms with E-state index in [9.17, 15) is 9.59 Å². The average Bonchev–Trinajstić information content (AvgIpc) is 2.66. The fraction of sp³-hybridized carbons (Fsp3) is 0.286. The molecule has 1 aromatic rings. The van der Waals surface area contributed by atoms with Crippen molar-refractivity contribution in [3.63, 3.8) is 0 Å². The van der Waals surface area contributed by atoms with Crippen molar-refractivity contribution in [2.45, 2.75) is 0 Å². The van der Waals surface area contributed by atoms with E-state index in [1.807, 2.05) is 0 Å². The predicted molar refractivity (Wildman–Crippen MR) is 52.8 cm³/mol. The van der Waals surface area contributed by atoms with E-state index in [0.717, 1.165) is 0 Å². The number of nitrogens with two attached hydrogens (primary N) is 1. The van der Waals surface area contributed by atoms with E-state index >= 15 is 0 Å². The van der Waals surface area contributed by atoms with E-state index in [1.165, 1.54) is 11.3 Å². The van der Waals surface area contributed by atoms with Crippen LogP contribution in [0.1, 0.15) is 0 Å². The summed E-state index contributed by atoms with van der Waals surface area (Å²) >= 11 is 1.31. The van der Waals surface area contributed by atoms with Crippen LogP contribution in [0.15, 0.2) is 11.6 Å². The van der Waals surface area contributed by atoms with Gasteiger partial charge in [0.25, 0.3) is 0 Å². The third-order valence-corrected chi connectivity index (χ3v) is 2.00. The van der Waals surface area contributed by atoms with Gasteiger partial charge < -0.3 is 16.4 Å². The van der Waals surface area contributed by atoms with Crippen LogP contribution in [0.4, 0.5) is 5.13 Å². The number of aromatic nitrogens is 1. The molecule has 0 bridgehead atoms. The van der Waals surface area contributed by atoms with Crippen LogP contribution in [-0.2, 0) is 9.59 Å². The number of nitrogens with one attached hydrogen (secondary N) is 2. The molecule has 0 radical (unpaired) electrons. The number of thiazole rings is 1. The Morgan fingerprint density at radius 2 is 2.29 bits per heavy atom. The van der Waals surface area contributed by atoms with Crippen molar-refractivity contribution in [1.29, 1.82) is 0 Å². The number of carbonyl (C=O) groups excluding carboxylic acids is 2.